The van der Waals surface area contributed by atoms with Crippen LogP contribution in [0, 0.1) is 0 Å². The molecule has 306 valence electrons. The van der Waals surface area contributed by atoms with Crippen molar-refractivity contribution >= 4 is 87.2 Å². The molecule has 0 amide bonds. The van der Waals surface area contributed by atoms with Gasteiger partial charge in [-0.05, 0) is 112 Å². The van der Waals surface area contributed by atoms with Gasteiger partial charge < -0.3 is 8.83 Å². The van der Waals surface area contributed by atoms with E-state index in [1.807, 2.05) is 48.8 Å². The third-order valence-electron chi connectivity index (χ3n) is 12.9. The topological polar surface area (TPSA) is 90.7 Å². The van der Waals surface area contributed by atoms with Gasteiger partial charge in [-0.3, -0.25) is 9.97 Å². The largest absolute Gasteiger partial charge is 0.455 e. The Hall–Kier alpha value is -9.07. The summed E-state index contributed by atoms with van der Waals surface area (Å²) in [6.07, 6.45) is 3.66. The van der Waals surface area contributed by atoms with E-state index in [0.29, 0.717) is 17.5 Å². The first-order valence-electron chi connectivity index (χ1n) is 21.9. The number of aromatic nitrogens is 5. The van der Waals surface area contributed by atoms with E-state index >= 15 is 0 Å². The Bertz CT molecular complexity index is 4050. The lowest BCUT2D eigenvalue weighted by atomic mass is 9.94. The number of benzene rings is 9. The normalized spacial score (nSPS) is 11.9. The third kappa shape index (κ3) is 5.87. The van der Waals surface area contributed by atoms with Crippen molar-refractivity contribution in [3.63, 3.8) is 0 Å². The van der Waals surface area contributed by atoms with E-state index in [2.05, 4.69) is 162 Å². The van der Waals surface area contributed by atoms with Crippen LogP contribution in [-0.4, -0.2) is 24.9 Å². The highest BCUT2D eigenvalue weighted by molar-refractivity contribution is 6.12. The van der Waals surface area contributed by atoms with Gasteiger partial charge >= 0.3 is 0 Å². The number of fused-ring (bicyclic) bond motifs is 10. The molecule has 5 heterocycles. The Balaban J connectivity index is 1.03. The van der Waals surface area contributed by atoms with E-state index in [9.17, 15) is 0 Å². The van der Waals surface area contributed by atoms with Crippen molar-refractivity contribution in [3.8, 4) is 56.4 Å². The minimum Gasteiger partial charge on any atom is -0.455 e. The van der Waals surface area contributed by atoms with Gasteiger partial charge in [-0.1, -0.05) is 109 Å². The van der Waals surface area contributed by atoms with Crippen molar-refractivity contribution in [1.29, 1.82) is 0 Å². The Labute approximate surface area is 376 Å². The molecular weight excluding hydrogens is 811 g/mol. The van der Waals surface area contributed by atoms with Crippen LogP contribution in [-0.2, 0) is 0 Å². The molecule has 5 aromatic heterocycles. The second-order valence-electron chi connectivity index (χ2n) is 16.9. The maximum Gasteiger partial charge on any atom is 0.164 e. The van der Waals surface area contributed by atoms with Crippen molar-refractivity contribution in [1.82, 2.24) is 24.9 Å². The lowest BCUT2D eigenvalue weighted by Gasteiger charge is -2.13. The maximum absolute atomic E-state index is 6.65. The van der Waals surface area contributed by atoms with E-state index in [0.717, 1.165) is 126 Å². The molecule has 0 aliphatic heterocycles. The maximum atomic E-state index is 6.65. The predicted octanol–water partition coefficient (Wildman–Crippen LogP) is 15.4. The molecule has 0 N–H and O–H groups in total. The standard InChI is InChI=1S/C59H33N5O2/c1-3-17-53-47(11-1)49-15-5-13-45(55(49)65-53)42-29-43(46-14-6-16-50-48-12-2-4-18-54(48)66-56(46)50)31-44(30-42)59-63-57(38-21-19-34-32-51-36(9-7-23-60-51)25-40(34)27-38)62-58(64-59)39-22-20-35-33-52-37(10-8-24-61-52)26-41(35)28-39/h1-33H. The van der Waals surface area contributed by atoms with Gasteiger partial charge in [0.1, 0.15) is 22.3 Å². The van der Waals surface area contributed by atoms with Gasteiger partial charge in [-0.2, -0.15) is 0 Å². The molecule has 0 radical (unpaired) electrons. The summed E-state index contributed by atoms with van der Waals surface area (Å²) in [6, 6.07) is 65.2. The molecule has 0 saturated carbocycles. The summed E-state index contributed by atoms with van der Waals surface area (Å²) < 4.78 is 13.3. The van der Waals surface area contributed by atoms with Crippen LogP contribution in [0.4, 0.5) is 0 Å². The van der Waals surface area contributed by atoms with Gasteiger partial charge in [-0.25, -0.2) is 15.0 Å². The first kappa shape index (κ1) is 36.4. The Kier molecular flexibility index (Phi) is 7.85. The van der Waals surface area contributed by atoms with Crippen molar-refractivity contribution in [2.45, 2.75) is 0 Å². The van der Waals surface area contributed by atoms with Crippen LogP contribution in [0.2, 0.25) is 0 Å². The molecule has 14 aromatic rings. The molecule has 0 fully saturated rings. The molecule has 7 heteroatoms. The zero-order valence-corrected chi connectivity index (χ0v) is 35.1. The van der Waals surface area contributed by atoms with Crippen molar-refractivity contribution in [2.75, 3.05) is 0 Å². The van der Waals surface area contributed by atoms with Gasteiger partial charge in [-0.15, -0.1) is 0 Å². The molecule has 0 spiro atoms. The minimum atomic E-state index is 0.539. The number of rotatable bonds is 5. The molecule has 0 bridgehead atoms. The van der Waals surface area contributed by atoms with Crippen LogP contribution in [0.25, 0.3) is 144 Å². The molecule has 0 atom stereocenters. The van der Waals surface area contributed by atoms with Crippen LogP contribution in [0.3, 0.4) is 0 Å². The Morgan fingerprint density at radius 3 is 1.26 bits per heavy atom. The smallest absolute Gasteiger partial charge is 0.164 e. The lowest BCUT2D eigenvalue weighted by Crippen LogP contribution is -2.01. The van der Waals surface area contributed by atoms with Crippen LogP contribution >= 0.6 is 0 Å². The molecule has 0 saturated heterocycles. The van der Waals surface area contributed by atoms with Gasteiger partial charge in [0.15, 0.2) is 17.5 Å². The molecule has 0 unspecified atom stereocenters. The van der Waals surface area contributed by atoms with Gasteiger partial charge in [0.05, 0.1) is 11.0 Å². The highest BCUT2D eigenvalue weighted by atomic mass is 16.3. The number of hydrogen-bond donors (Lipinski definition) is 0. The molecule has 0 aliphatic rings. The van der Waals surface area contributed by atoms with E-state index in [1.165, 1.54) is 0 Å². The summed E-state index contributed by atoms with van der Waals surface area (Å²) in [5.74, 6) is 1.67. The predicted molar refractivity (Wildman–Crippen MR) is 267 cm³/mol. The van der Waals surface area contributed by atoms with Gasteiger partial charge in [0.2, 0.25) is 0 Å². The molecule has 0 aliphatic carbocycles. The van der Waals surface area contributed by atoms with Crippen LogP contribution < -0.4 is 0 Å². The lowest BCUT2D eigenvalue weighted by molar-refractivity contribution is 0.670. The number of pyridine rings is 2. The van der Waals surface area contributed by atoms with Crippen molar-refractivity contribution < 1.29 is 8.83 Å². The van der Waals surface area contributed by atoms with E-state index in [4.69, 9.17) is 23.8 Å². The zero-order valence-electron chi connectivity index (χ0n) is 35.1. The van der Waals surface area contributed by atoms with E-state index in [1.54, 1.807) is 0 Å². The summed E-state index contributed by atoms with van der Waals surface area (Å²) >= 11 is 0. The average molecular weight is 844 g/mol. The van der Waals surface area contributed by atoms with E-state index in [-0.39, 0.29) is 0 Å². The number of hydrogen-bond acceptors (Lipinski definition) is 7. The van der Waals surface area contributed by atoms with E-state index < -0.39 is 0 Å². The number of nitrogens with zero attached hydrogens (tertiary/aromatic N) is 5. The first-order chi connectivity index (χ1) is 32.6. The number of para-hydroxylation sites is 4. The van der Waals surface area contributed by atoms with Crippen LogP contribution in [0.15, 0.2) is 209 Å². The first-order valence-corrected chi connectivity index (χ1v) is 21.9. The second kappa shape index (κ2) is 14.2. The molecular formula is C59H33N5O2. The van der Waals surface area contributed by atoms with Gasteiger partial charge in [0.25, 0.3) is 0 Å². The average Bonchev–Trinajstić information content (AvgIpc) is 3.96. The molecule has 14 rings (SSSR count). The third-order valence-corrected chi connectivity index (χ3v) is 12.9. The number of furan rings is 2. The Morgan fingerprint density at radius 2 is 0.742 bits per heavy atom. The summed E-state index contributed by atoms with van der Waals surface area (Å²) in [6.45, 7) is 0. The molecule has 9 aromatic carbocycles. The molecule has 7 nitrogen and oxygen atoms in total. The van der Waals surface area contributed by atoms with Crippen LogP contribution in [0.1, 0.15) is 0 Å². The quantitative estimate of drug-likeness (QED) is 0.159. The summed E-state index contributed by atoms with van der Waals surface area (Å²) in [5, 5.41) is 10.7. The zero-order chi connectivity index (χ0) is 43.3. The van der Waals surface area contributed by atoms with Crippen LogP contribution in [0.5, 0.6) is 0 Å². The molecule has 66 heavy (non-hydrogen) atoms. The van der Waals surface area contributed by atoms with Crippen molar-refractivity contribution in [3.05, 3.63) is 200 Å². The second-order valence-corrected chi connectivity index (χ2v) is 16.9. The van der Waals surface area contributed by atoms with Crippen molar-refractivity contribution in [2.24, 2.45) is 0 Å². The summed E-state index contributed by atoms with van der Waals surface area (Å²) in [4.78, 5) is 25.2. The highest BCUT2D eigenvalue weighted by Gasteiger charge is 2.20. The Morgan fingerprint density at radius 1 is 0.288 bits per heavy atom. The summed E-state index contributed by atoms with van der Waals surface area (Å²) in [7, 11) is 0. The summed E-state index contributed by atoms with van der Waals surface area (Å²) in [5.41, 5.74) is 11.7. The SMILES string of the molecule is c1cnc2cc3ccc(-c4nc(-c5cc(-c6cccc7c6oc6ccccc67)cc(-c6cccc7c6oc6ccccc67)c5)nc(-c5ccc6cc7ncccc7cc6c5)n4)cc3cc2c1. The fourth-order valence-corrected chi connectivity index (χ4v) is 9.70. The minimum absolute atomic E-state index is 0.539. The highest BCUT2D eigenvalue weighted by Crippen LogP contribution is 2.42. The fourth-order valence-electron chi connectivity index (χ4n) is 9.70. The fraction of sp³-hybridized carbons (Fsp3) is 0. The van der Waals surface area contributed by atoms with Gasteiger partial charge in [0, 0.05) is 72.5 Å². The monoisotopic (exact) mass is 843 g/mol.